The molecule has 7 nitrogen and oxygen atoms in total. The van der Waals surface area contributed by atoms with Crippen LogP contribution in [-0.4, -0.2) is 47.9 Å². The van der Waals surface area contributed by atoms with E-state index in [4.69, 9.17) is 15.4 Å². The highest BCUT2D eigenvalue weighted by molar-refractivity contribution is 7.85. The Kier molecular flexibility index (Phi) is 6.64. The summed E-state index contributed by atoms with van der Waals surface area (Å²) in [5, 5.41) is 12.5. The Balaban J connectivity index is 1.86. The molecule has 2 aliphatic rings. The zero-order valence-electron chi connectivity index (χ0n) is 14.1. The highest BCUT2D eigenvalue weighted by atomic mass is 32.2. The third-order valence-corrected chi connectivity index (χ3v) is 6.38. The Morgan fingerprint density at radius 2 is 2.12 bits per heavy atom. The van der Waals surface area contributed by atoms with Gasteiger partial charge in [0.25, 0.3) is 10.1 Å². The Morgan fingerprint density at radius 1 is 1.38 bits per heavy atom. The summed E-state index contributed by atoms with van der Waals surface area (Å²) in [7, 11) is -3.90. The third kappa shape index (κ3) is 5.98. The van der Waals surface area contributed by atoms with Crippen LogP contribution in [-0.2, 0) is 14.9 Å². The molecular weight excluding hydrogens is 332 g/mol. The van der Waals surface area contributed by atoms with Crippen molar-refractivity contribution >= 4 is 16.1 Å². The van der Waals surface area contributed by atoms with Gasteiger partial charge < -0.3 is 16.2 Å². The molecule has 0 aliphatic heterocycles. The fraction of sp³-hybridized carbons (Fsp3) is 0.938. The highest BCUT2D eigenvalue weighted by Crippen LogP contribution is 2.46. The molecule has 2 fully saturated rings. The number of nitrogens with one attached hydrogen (secondary N) is 1. The molecule has 0 saturated heterocycles. The van der Waals surface area contributed by atoms with Gasteiger partial charge in [-0.15, -0.1) is 0 Å². The maximum absolute atomic E-state index is 10.9. The number of hydrogen-bond donors (Lipinski definition) is 4. The van der Waals surface area contributed by atoms with Crippen LogP contribution in [0.5, 0.6) is 0 Å². The standard InChI is InChI=1S/C16H30N2O5S/c17-14(15(19)20)5-4-13-9-12-3-1-6-16(10-12,11-13)18-7-2-8-24(21,22)23/h12-14,18H,1-11,17H2,(H,19,20)(H,21,22,23)/t12?,13?,14-,16?/m0/s1. The molecule has 2 aliphatic carbocycles. The maximum atomic E-state index is 10.9. The molecule has 140 valence electrons. The summed E-state index contributed by atoms with van der Waals surface area (Å²) in [6.45, 7) is 0.577. The van der Waals surface area contributed by atoms with E-state index in [0.717, 1.165) is 32.1 Å². The van der Waals surface area contributed by atoms with Crippen molar-refractivity contribution in [2.45, 2.75) is 69.4 Å². The Bertz CT molecular complexity index is 539. The van der Waals surface area contributed by atoms with Crippen LogP contribution in [0.3, 0.4) is 0 Å². The Morgan fingerprint density at radius 3 is 2.79 bits per heavy atom. The first-order valence-electron chi connectivity index (χ1n) is 8.88. The first-order valence-corrected chi connectivity index (χ1v) is 10.5. The molecule has 0 heterocycles. The van der Waals surface area contributed by atoms with E-state index in [1.807, 2.05) is 0 Å². The number of carbonyl (C=O) groups is 1. The number of rotatable bonds is 9. The van der Waals surface area contributed by atoms with Crippen LogP contribution in [0.4, 0.5) is 0 Å². The predicted octanol–water partition coefficient (Wildman–Crippen LogP) is 1.39. The summed E-state index contributed by atoms with van der Waals surface area (Å²) in [6, 6.07) is -0.787. The van der Waals surface area contributed by atoms with Gasteiger partial charge in [-0.1, -0.05) is 12.8 Å². The average Bonchev–Trinajstić information content (AvgIpc) is 2.48. The fourth-order valence-corrected chi connectivity index (χ4v) is 5.09. The first-order chi connectivity index (χ1) is 11.2. The first kappa shape index (κ1) is 19.6. The van der Waals surface area contributed by atoms with Gasteiger partial charge in [-0.25, -0.2) is 0 Å². The summed E-state index contributed by atoms with van der Waals surface area (Å²) in [6.07, 6.45) is 8.47. The van der Waals surface area contributed by atoms with Crippen LogP contribution in [0, 0.1) is 11.8 Å². The highest BCUT2D eigenvalue weighted by Gasteiger charge is 2.42. The molecule has 0 aromatic rings. The number of aliphatic carboxylic acids is 1. The van der Waals surface area contributed by atoms with Crippen molar-refractivity contribution in [3.8, 4) is 0 Å². The second kappa shape index (κ2) is 8.12. The van der Waals surface area contributed by atoms with E-state index in [1.54, 1.807) is 0 Å². The van der Waals surface area contributed by atoms with E-state index in [1.165, 1.54) is 12.8 Å². The molecule has 3 unspecified atom stereocenters. The van der Waals surface area contributed by atoms with E-state index in [-0.39, 0.29) is 11.3 Å². The molecule has 2 rings (SSSR count). The van der Waals surface area contributed by atoms with E-state index in [0.29, 0.717) is 31.2 Å². The lowest BCUT2D eigenvalue weighted by atomic mass is 9.62. The minimum atomic E-state index is -3.90. The van der Waals surface area contributed by atoms with Crippen molar-refractivity contribution in [1.82, 2.24) is 5.32 Å². The summed E-state index contributed by atoms with van der Waals surface area (Å²) in [5.74, 6) is -0.0173. The van der Waals surface area contributed by atoms with Crippen molar-refractivity contribution in [3.05, 3.63) is 0 Å². The van der Waals surface area contributed by atoms with Gasteiger partial charge in [-0.3, -0.25) is 9.35 Å². The molecule has 2 bridgehead atoms. The quantitative estimate of drug-likeness (QED) is 0.360. The molecule has 8 heteroatoms. The smallest absolute Gasteiger partial charge is 0.320 e. The van der Waals surface area contributed by atoms with Gasteiger partial charge in [-0.2, -0.15) is 8.42 Å². The summed E-state index contributed by atoms with van der Waals surface area (Å²) in [4.78, 5) is 10.9. The van der Waals surface area contributed by atoms with Gasteiger partial charge in [0.05, 0.1) is 5.75 Å². The zero-order chi connectivity index (χ0) is 17.8. The van der Waals surface area contributed by atoms with Crippen LogP contribution in [0.25, 0.3) is 0 Å². The third-order valence-electron chi connectivity index (χ3n) is 5.58. The van der Waals surface area contributed by atoms with Gasteiger partial charge in [0.1, 0.15) is 6.04 Å². The normalized spacial score (nSPS) is 31.6. The largest absolute Gasteiger partial charge is 0.480 e. The topological polar surface area (TPSA) is 130 Å². The van der Waals surface area contributed by atoms with Crippen molar-refractivity contribution in [2.75, 3.05) is 12.3 Å². The van der Waals surface area contributed by atoms with Crippen LogP contribution in [0.2, 0.25) is 0 Å². The molecule has 5 N–H and O–H groups in total. The Hall–Kier alpha value is -0.700. The minimum absolute atomic E-state index is 0.0400. The van der Waals surface area contributed by atoms with Crippen LogP contribution in [0.15, 0.2) is 0 Å². The Labute approximate surface area is 144 Å². The molecule has 0 spiro atoms. The molecule has 0 aromatic heterocycles. The molecule has 2 saturated carbocycles. The zero-order valence-corrected chi connectivity index (χ0v) is 14.9. The second-order valence-electron chi connectivity index (χ2n) is 7.64. The average molecular weight is 362 g/mol. The number of carboxylic acids is 1. The fourth-order valence-electron chi connectivity index (χ4n) is 4.58. The number of hydrogen-bond acceptors (Lipinski definition) is 5. The van der Waals surface area contributed by atoms with E-state index in [9.17, 15) is 13.2 Å². The molecule has 0 amide bonds. The van der Waals surface area contributed by atoms with Gasteiger partial charge >= 0.3 is 5.97 Å². The van der Waals surface area contributed by atoms with Crippen molar-refractivity contribution < 1.29 is 22.9 Å². The van der Waals surface area contributed by atoms with Crippen molar-refractivity contribution in [1.29, 1.82) is 0 Å². The summed E-state index contributed by atoms with van der Waals surface area (Å²) >= 11 is 0. The second-order valence-corrected chi connectivity index (χ2v) is 9.21. The van der Waals surface area contributed by atoms with Gasteiger partial charge in [-0.05, 0) is 63.3 Å². The predicted molar refractivity (Wildman–Crippen MR) is 91.3 cm³/mol. The molecular formula is C16H30N2O5S. The molecule has 0 aromatic carbocycles. The maximum Gasteiger partial charge on any atom is 0.320 e. The van der Waals surface area contributed by atoms with Gasteiger partial charge in [0, 0.05) is 5.54 Å². The van der Waals surface area contributed by atoms with Crippen molar-refractivity contribution in [2.24, 2.45) is 17.6 Å². The van der Waals surface area contributed by atoms with Gasteiger partial charge in [0.2, 0.25) is 0 Å². The molecule has 4 atom stereocenters. The lowest BCUT2D eigenvalue weighted by molar-refractivity contribution is -0.138. The summed E-state index contributed by atoms with van der Waals surface area (Å²) in [5.41, 5.74) is 5.67. The van der Waals surface area contributed by atoms with Gasteiger partial charge in [0.15, 0.2) is 0 Å². The summed E-state index contributed by atoms with van der Waals surface area (Å²) < 4.78 is 30.5. The molecule has 24 heavy (non-hydrogen) atoms. The number of carboxylic acid groups (broad SMARTS) is 1. The van der Waals surface area contributed by atoms with Crippen LogP contribution < -0.4 is 11.1 Å². The SMILES string of the molecule is N[C@@H](CCC1CC2CCCC(NCCCS(=O)(=O)O)(C2)C1)C(=O)O. The lowest BCUT2D eigenvalue weighted by Crippen LogP contribution is -2.53. The van der Waals surface area contributed by atoms with E-state index < -0.39 is 22.1 Å². The van der Waals surface area contributed by atoms with E-state index in [2.05, 4.69) is 5.32 Å². The number of nitrogens with two attached hydrogens (primary N) is 1. The number of fused-ring (bicyclic) bond motifs is 2. The van der Waals surface area contributed by atoms with Crippen LogP contribution >= 0.6 is 0 Å². The van der Waals surface area contributed by atoms with E-state index >= 15 is 0 Å². The minimum Gasteiger partial charge on any atom is -0.480 e. The molecule has 0 radical (unpaired) electrons. The lowest BCUT2D eigenvalue weighted by Gasteiger charge is -2.49. The van der Waals surface area contributed by atoms with Crippen molar-refractivity contribution in [3.63, 3.8) is 0 Å². The van der Waals surface area contributed by atoms with Crippen LogP contribution in [0.1, 0.15) is 57.8 Å². The monoisotopic (exact) mass is 362 g/mol.